The van der Waals surface area contributed by atoms with Crippen LogP contribution in [0.15, 0.2) is 91.0 Å². The number of nitrogens with two attached hydrogens (primary N) is 1. The Balaban J connectivity index is 1.42. The highest BCUT2D eigenvalue weighted by Gasteiger charge is 2.27. The van der Waals surface area contributed by atoms with Crippen LogP contribution in [0.5, 0.6) is 11.5 Å². The van der Waals surface area contributed by atoms with E-state index in [-0.39, 0.29) is 0 Å². The van der Waals surface area contributed by atoms with E-state index in [0.717, 1.165) is 38.3 Å². The second-order valence-electron chi connectivity index (χ2n) is 8.79. The van der Waals surface area contributed by atoms with Crippen molar-refractivity contribution in [3.8, 4) is 11.5 Å². The van der Waals surface area contributed by atoms with Crippen LogP contribution in [0.25, 0.3) is 10.8 Å². The van der Waals surface area contributed by atoms with Crippen LogP contribution in [0.2, 0.25) is 0 Å². The third-order valence-corrected chi connectivity index (χ3v) is 6.29. The van der Waals surface area contributed by atoms with Crippen molar-refractivity contribution < 1.29 is 23.9 Å². The van der Waals surface area contributed by atoms with Gasteiger partial charge in [0.25, 0.3) is 0 Å². The molecule has 37 heavy (non-hydrogen) atoms. The lowest BCUT2D eigenvalue weighted by atomic mass is 9.98. The molecule has 0 radical (unpaired) electrons. The molecule has 0 aromatic heterocycles. The fourth-order valence-corrected chi connectivity index (χ4v) is 3.98. The Hall–Kier alpha value is -4.52. The molecule has 0 bridgehead atoms. The Morgan fingerprint density at radius 1 is 0.811 bits per heavy atom. The molecule has 0 aliphatic carbocycles. The van der Waals surface area contributed by atoms with Gasteiger partial charge in [-0.2, -0.15) is 0 Å². The standard InChI is InChI=1S/C30H30N2O5/c1-20(24-9-10-26-18-28(35-3)16-13-25(26)17-24)29(33)37-32(30(31)34)21(2)23-11-14-27(15-12-23)36-19-22-7-5-4-6-8-22/h4-18,20-21H,19H2,1-3H3,(H2,31,34)/t20-,21?/m1/s1. The molecule has 0 aliphatic rings. The number of hydrogen-bond acceptors (Lipinski definition) is 5. The van der Waals surface area contributed by atoms with Crippen LogP contribution in [-0.2, 0) is 16.2 Å². The first-order chi connectivity index (χ1) is 17.9. The quantitative estimate of drug-likeness (QED) is 0.295. The second-order valence-corrected chi connectivity index (χ2v) is 8.79. The van der Waals surface area contributed by atoms with Gasteiger partial charge < -0.3 is 20.0 Å². The lowest BCUT2D eigenvalue weighted by molar-refractivity contribution is -0.185. The summed E-state index contributed by atoms with van der Waals surface area (Å²) in [5, 5.41) is 2.87. The van der Waals surface area contributed by atoms with Crippen molar-refractivity contribution in [3.63, 3.8) is 0 Å². The number of fused-ring (bicyclic) bond motifs is 1. The molecule has 0 spiro atoms. The number of nitrogens with zero attached hydrogens (tertiary/aromatic N) is 1. The van der Waals surface area contributed by atoms with Gasteiger partial charge in [0, 0.05) is 0 Å². The molecule has 1 unspecified atom stereocenters. The molecule has 0 aliphatic heterocycles. The Morgan fingerprint density at radius 3 is 2.11 bits per heavy atom. The molecule has 7 nitrogen and oxygen atoms in total. The minimum atomic E-state index is -0.858. The largest absolute Gasteiger partial charge is 0.497 e. The van der Waals surface area contributed by atoms with E-state index in [2.05, 4.69) is 0 Å². The molecular formula is C30H30N2O5. The van der Waals surface area contributed by atoms with E-state index in [4.69, 9.17) is 20.0 Å². The smallest absolute Gasteiger partial charge is 0.348 e. The number of primary amides is 1. The number of carbonyl (C=O) groups excluding carboxylic acids is 2. The molecule has 4 rings (SSSR count). The second kappa shape index (κ2) is 11.5. The first-order valence-corrected chi connectivity index (χ1v) is 12.0. The molecule has 0 saturated carbocycles. The predicted molar refractivity (Wildman–Crippen MR) is 142 cm³/mol. The number of carbonyl (C=O) groups is 2. The molecule has 2 amide bonds. The molecule has 0 heterocycles. The Labute approximate surface area is 216 Å². The average molecular weight is 499 g/mol. The van der Waals surface area contributed by atoms with Crippen molar-refractivity contribution in [1.82, 2.24) is 5.06 Å². The summed E-state index contributed by atoms with van der Waals surface area (Å²) in [5.74, 6) is 0.246. The molecule has 2 N–H and O–H groups in total. The average Bonchev–Trinajstić information content (AvgIpc) is 2.94. The van der Waals surface area contributed by atoms with Gasteiger partial charge in [-0.3, -0.25) is 0 Å². The lowest BCUT2D eigenvalue weighted by Crippen LogP contribution is -2.40. The summed E-state index contributed by atoms with van der Waals surface area (Å²) < 4.78 is 11.1. The molecule has 2 atom stereocenters. The molecule has 0 fully saturated rings. The third kappa shape index (κ3) is 6.19. The first kappa shape index (κ1) is 25.6. The summed E-state index contributed by atoms with van der Waals surface area (Å²) >= 11 is 0. The SMILES string of the molecule is COc1ccc2cc([C@@H](C)C(=O)ON(C(N)=O)C(C)c3ccc(OCc4ccccc4)cc3)ccc2c1. The van der Waals surface area contributed by atoms with Crippen molar-refractivity contribution in [2.24, 2.45) is 5.73 Å². The minimum absolute atomic E-state index is 0.445. The maximum absolute atomic E-state index is 13.0. The fraction of sp³-hybridized carbons (Fsp3) is 0.200. The summed E-state index contributed by atoms with van der Waals surface area (Å²) in [6.45, 7) is 3.92. The van der Waals surface area contributed by atoms with Gasteiger partial charge >= 0.3 is 12.0 Å². The number of urea groups is 1. The van der Waals surface area contributed by atoms with E-state index in [1.54, 1.807) is 21.0 Å². The van der Waals surface area contributed by atoms with E-state index in [1.165, 1.54) is 0 Å². The topological polar surface area (TPSA) is 91.1 Å². The summed E-state index contributed by atoms with van der Waals surface area (Å²) in [4.78, 5) is 30.7. The zero-order chi connectivity index (χ0) is 26.4. The summed E-state index contributed by atoms with van der Waals surface area (Å²) in [6.07, 6.45) is 0. The number of methoxy groups -OCH3 is 1. The first-order valence-electron chi connectivity index (χ1n) is 12.0. The van der Waals surface area contributed by atoms with Crippen LogP contribution in [0.3, 0.4) is 0 Å². The van der Waals surface area contributed by atoms with Crippen LogP contribution in [0.4, 0.5) is 4.79 Å². The van der Waals surface area contributed by atoms with Crippen molar-refractivity contribution in [3.05, 3.63) is 108 Å². The van der Waals surface area contributed by atoms with Gasteiger partial charge in [0.05, 0.1) is 19.1 Å². The number of benzene rings is 4. The van der Waals surface area contributed by atoms with Crippen LogP contribution in [-0.4, -0.2) is 24.2 Å². The van der Waals surface area contributed by atoms with Gasteiger partial charge in [-0.15, -0.1) is 5.06 Å². The van der Waals surface area contributed by atoms with Crippen molar-refractivity contribution in [2.45, 2.75) is 32.4 Å². The summed E-state index contributed by atoms with van der Waals surface area (Å²) in [7, 11) is 1.62. The van der Waals surface area contributed by atoms with Crippen LogP contribution in [0.1, 0.15) is 42.5 Å². The Bertz CT molecular complexity index is 1370. The van der Waals surface area contributed by atoms with Gasteiger partial charge in [0.15, 0.2) is 0 Å². The highest BCUT2D eigenvalue weighted by atomic mass is 16.7. The zero-order valence-corrected chi connectivity index (χ0v) is 21.1. The molecule has 7 heteroatoms. The van der Waals surface area contributed by atoms with Gasteiger partial charge in [0.1, 0.15) is 18.1 Å². The van der Waals surface area contributed by atoms with Crippen molar-refractivity contribution >= 4 is 22.8 Å². The van der Waals surface area contributed by atoms with Crippen LogP contribution < -0.4 is 15.2 Å². The van der Waals surface area contributed by atoms with Crippen molar-refractivity contribution in [1.29, 1.82) is 0 Å². The normalized spacial score (nSPS) is 12.4. The van der Waals surface area contributed by atoms with E-state index in [1.807, 2.05) is 91.0 Å². The lowest BCUT2D eigenvalue weighted by Gasteiger charge is -2.27. The van der Waals surface area contributed by atoms with Gasteiger partial charge in [-0.05, 0) is 65.6 Å². The number of hydroxylamine groups is 2. The molecule has 0 saturated heterocycles. The van der Waals surface area contributed by atoms with Gasteiger partial charge in [0.2, 0.25) is 0 Å². The molecule has 190 valence electrons. The highest BCUT2D eigenvalue weighted by molar-refractivity contribution is 5.87. The van der Waals surface area contributed by atoms with E-state index >= 15 is 0 Å². The molecule has 4 aromatic rings. The molecule has 4 aromatic carbocycles. The number of hydrogen-bond donors (Lipinski definition) is 1. The Kier molecular flexibility index (Phi) is 7.93. The van der Waals surface area contributed by atoms with E-state index < -0.39 is 24.0 Å². The maximum atomic E-state index is 13.0. The maximum Gasteiger partial charge on any atom is 0.348 e. The van der Waals surface area contributed by atoms with Gasteiger partial charge in [-0.1, -0.05) is 66.7 Å². The number of ether oxygens (including phenoxy) is 2. The van der Waals surface area contributed by atoms with E-state index in [9.17, 15) is 9.59 Å². The van der Waals surface area contributed by atoms with Crippen molar-refractivity contribution in [2.75, 3.05) is 7.11 Å². The van der Waals surface area contributed by atoms with Gasteiger partial charge in [-0.25, -0.2) is 9.59 Å². The summed E-state index contributed by atoms with van der Waals surface area (Å²) in [6, 6.07) is 27.1. The third-order valence-electron chi connectivity index (χ3n) is 6.29. The Morgan fingerprint density at radius 2 is 1.43 bits per heavy atom. The monoisotopic (exact) mass is 498 g/mol. The van der Waals surface area contributed by atoms with E-state index in [0.29, 0.717) is 12.4 Å². The molecular weight excluding hydrogens is 468 g/mol. The zero-order valence-electron chi connectivity index (χ0n) is 21.1. The number of amides is 2. The number of rotatable bonds is 8. The summed E-state index contributed by atoms with van der Waals surface area (Å²) in [5.41, 5.74) is 8.15. The van der Waals surface area contributed by atoms with Crippen LogP contribution >= 0.6 is 0 Å². The highest BCUT2D eigenvalue weighted by Crippen LogP contribution is 2.28. The minimum Gasteiger partial charge on any atom is -0.497 e. The predicted octanol–water partition coefficient (Wildman–Crippen LogP) is 6.13. The van der Waals surface area contributed by atoms with Crippen LogP contribution in [0, 0.1) is 0 Å². The fourth-order valence-electron chi connectivity index (χ4n) is 3.98.